The molecule has 0 aromatic heterocycles. The zero-order valence-corrected chi connectivity index (χ0v) is 9.78. The molecule has 1 saturated carbocycles. The van der Waals surface area contributed by atoms with E-state index in [0.29, 0.717) is 0 Å². The van der Waals surface area contributed by atoms with Crippen LogP contribution in [0, 0.1) is 11.8 Å². The predicted molar refractivity (Wildman–Crippen MR) is 62.1 cm³/mol. The Morgan fingerprint density at radius 2 is 2.23 bits per heavy atom. The number of hydrogen-bond acceptors (Lipinski definition) is 2. The fourth-order valence-electron chi connectivity index (χ4n) is 1.90. The lowest BCUT2D eigenvalue weighted by molar-refractivity contribution is 0.569. The Bertz CT molecular complexity index is 138. The van der Waals surface area contributed by atoms with Crippen LogP contribution in [0.2, 0.25) is 0 Å². The van der Waals surface area contributed by atoms with Gasteiger partial charge in [0.25, 0.3) is 0 Å². The summed E-state index contributed by atoms with van der Waals surface area (Å²) in [4.78, 5) is 0. The zero-order chi connectivity index (χ0) is 9.68. The van der Waals surface area contributed by atoms with Gasteiger partial charge in [-0.05, 0) is 37.0 Å². The van der Waals surface area contributed by atoms with Crippen molar-refractivity contribution in [2.24, 2.45) is 17.6 Å². The van der Waals surface area contributed by atoms with Crippen LogP contribution in [-0.2, 0) is 0 Å². The molecule has 0 aliphatic heterocycles. The minimum atomic E-state index is 0.814. The highest BCUT2D eigenvalue weighted by Crippen LogP contribution is 2.35. The molecular formula is C11H23NS. The second-order valence-electron chi connectivity index (χ2n) is 4.31. The minimum absolute atomic E-state index is 0.814. The van der Waals surface area contributed by atoms with Gasteiger partial charge in [-0.15, -0.1) is 0 Å². The van der Waals surface area contributed by atoms with Crippen molar-refractivity contribution in [3.05, 3.63) is 0 Å². The van der Waals surface area contributed by atoms with E-state index >= 15 is 0 Å². The van der Waals surface area contributed by atoms with Crippen LogP contribution < -0.4 is 5.73 Å². The molecule has 1 fully saturated rings. The maximum absolute atomic E-state index is 5.75. The normalized spacial score (nSPS) is 30.7. The fourth-order valence-corrected chi connectivity index (χ4v) is 3.56. The van der Waals surface area contributed by atoms with Crippen LogP contribution in [0.3, 0.4) is 0 Å². The SMILES string of the molecule is CCC(C)CSC1CCCC1CN. The second kappa shape index (κ2) is 5.92. The average molecular weight is 201 g/mol. The second-order valence-corrected chi connectivity index (χ2v) is 5.58. The third-order valence-corrected chi connectivity index (χ3v) is 4.99. The summed E-state index contributed by atoms with van der Waals surface area (Å²) >= 11 is 2.17. The van der Waals surface area contributed by atoms with Crippen LogP contribution in [0.15, 0.2) is 0 Å². The summed E-state index contributed by atoms with van der Waals surface area (Å²) in [6, 6.07) is 0. The first-order valence-electron chi connectivity index (χ1n) is 5.59. The Morgan fingerprint density at radius 3 is 2.85 bits per heavy atom. The molecule has 0 bridgehead atoms. The predicted octanol–water partition coefficient (Wildman–Crippen LogP) is 2.89. The third kappa shape index (κ3) is 3.51. The first-order chi connectivity index (χ1) is 6.27. The molecule has 1 aliphatic rings. The van der Waals surface area contributed by atoms with Crippen molar-refractivity contribution >= 4 is 11.8 Å². The number of thioether (sulfide) groups is 1. The Labute approximate surface area is 86.8 Å². The van der Waals surface area contributed by atoms with Gasteiger partial charge in [0.2, 0.25) is 0 Å². The Hall–Kier alpha value is 0.310. The van der Waals surface area contributed by atoms with Crippen molar-refractivity contribution in [2.45, 2.75) is 44.8 Å². The quantitative estimate of drug-likeness (QED) is 0.740. The van der Waals surface area contributed by atoms with Crippen LogP contribution in [0.5, 0.6) is 0 Å². The number of hydrogen-bond donors (Lipinski definition) is 1. The van der Waals surface area contributed by atoms with Gasteiger partial charge < -0.3 is 5.73 Å². The van der Waals surface area contributed by atoms with Gasteiger partial charge in [-0.3, -0.25) is 0 Å². The zero-order valence-electron chi connectivity index (χ0n) is 8.96. The third-order valence-electron chi connectivity index (χ3n) is 3.18. The van der Waals surface area contributed by atoms with Gasteiger partial charge in [0.05, 0.1) is 0 Å². The monoisotopic (exact) mass is 201 g/mol. The maximum Gasteiger partial charge on any atom is 0.00874 e. The molecule has 1 nitrogen and oxygen atoms in total. The van der Waals surface area contributed by atoms with Gasteiger partial charge in [-0.25, -0.2) is 0 Å². The van der Waals surface area contributed by atoms with E-state index in [4.69, 9.17) is 5.73 Å². The molecule has 0 aromatic carbocycles. The summed E-state index contributed by atoms with van der Waals surface area (Å²) in [7, 11) is 0. The van der Waals surface area contributed by atoms with Crippen molar-refractivity contribution in [3.63, 3.8) is 0 Å². The fraction of sp³-hybridized carbons (Fsp3) is 1.00. The molecule has 3 unspecified atom stereocenters. The number of nitrogens with two attached hydrogens (primary N) is 1. The first-order valence-corrected chi connectivity index (χ1v) is 6.64. The molecule has 2 heteroatoms. The van der Waals surface area contributed by atoms with E-state index in [-0.39, 0.29) is 0 Å². The van der Waals surface area contributed by atoms with E-state index in [1.54, 1.807) is 0 Å². The highest BCUT2D eigenvalue weighted by molar-refractivity contribution is 7.99. The van der Waals surface area contributed by atoms with Gasteiger partial charge in [0, 0.05) is 5.25 Å². The molecule has 13 heavy (non-hydrogen) atoms. The van der Waals surface area contributed by atoms with Gasteiger partial charge in [0.15, 0.2) is 0 Å². The average Bonchev–Trinajstić information content (AvgIpc) is 2.61. The summed E-state index contributed by atoms with van der Waals surface area (Å²) in [5.74, 6) is 3.02. The van der Waals surface area contributed by atoms with Crippen molar-refractivity contribution in [1.82, 2.24) is 0 Å². The molecule has 1 aliphatic carbocycles. The molecule has 0 heterocycles. The summed E-state index contributed by atoms with van der Waals surface area (Å²) in [5, 5.41) is 0.874. The van der Waals surface area contributed by atoms with Crippen LogP contribution in [0.4, 0.5) is 0 Å². The molecule has 0 saturated heterocycles. The first kappa shape index (κ1) is 11.4. The Kier molecular flexibility index (Phi) is 5.18. The lowest BCUT2D eigenvalue weighted by atomic mass is 10.1. The van der Waals surface area contributed by atoms with E-state index in [9.17, 15) is 0 Å². The minimum Gasteiger partial charge on any atom is -0.330 e. The summed E-state index contributed by atoms with van der Waals surface area (Å²) in [6.07, 6.45) is 5.49. The molecule has 0 aromatic rings. The van der Waals surface area contributed by atoms with Gasteiger partial charge in [0.1, 0.15) is 0 Å². The van der Waals surface area contributed by atoms with E-state index in [1.807, 2.05) is 0 Å². The van der Waals surface area contributed by atoms with E-state index < -0.39 is 0 Å². The van der Waals surface area contributed by atoms with Crippen LogP contribution in [-0.4, -0.2) is 17.5 Å². The highest BCUT2D eigenvalue weighted by Gasteiger charge is 2.26. The Balaban J connectivity index is 2.19. The van der Waals surface area contributed by atoms with Crippen molar-refractivity contribution in [3.8, 4) is 0 Å². The number of rotatable bonds is 5. The van der Waals surface area contributed by atoms with Gasteiger partial charge in [-0.2, -0.15) is 11.8 Å². The topological polar surface area (TPSA) is 26.0 Å². The molecule has 0 spiro atoms. The molecular weight excluding hydrogens is 178 g/mol. The van der Waals surface area contributed by atoms with Crippen LogP contribution in [0.25, 0.3) is 0 Å². The van der Waals surface area contributed by atoms with Gasteiger partial charge >= 0.3 is 0 Å². The molecule has 78 valence electrons. The van der Waals surface area contributed by atoms with Crippen LogP contribution >= 0.6 is 11.8 Å². The lowest BCUT2D eigenvalue weighted by Crippen LogP contribution is -2.21. The smallest absolute Gasteiger partial charge is 0.00874 e. The molecule has 1 rings (SSSR count). The van der Waals surface area contributed by atoms with Gasteiger partial charge in [-0.1, -0.05) is 26.7 Å². The van der Waals surface area contributed by atoms with Crippen molar-refractivity contribution in [2.75, 3.05) is 12.3 Å². The largest absolute Gasteiger partial charge is 0.330 e. The van der Waals surface area contributed by atoms with E-state index in [1.165, 1.54) is 31.4 Å². The van der Waals surface area contributed by atoms with E-state index in [0.717, 1.165) is 23.6 Å². The highest BCUT2D eigenvalue weighted by atomic mass is 32.2. The van der Waals surface area contributed by atoms with E-state index in [2.05, 4.69) is 25.6 Å². The summed E-state index contributed by atoms with van der Waals surface area (Å²) < 4.78 is 0. The Morgan fingerprint density at radius 1 is 1.46 bits per heavy atom. The lowest BCUT2D eigenvalue weighted by Gasteiger charge is -2.18. The summed E-state index contributed by atoms with van der Waals surface area (Å²) in [5.41, 5.74) is 5.75. The van der Waals surface area contributed by atoms with Crippen molar-refractivity contribution in [1.29, 1.82) is 0 Å². The maximum atomic E-state index is 5.75. The molecule has 2 N–H and O–H groups in total. The molecule has 0 radical (unpaired) electrons. The molecule has 3 atom stereocenters. The van der Waals surface area contributed by atoms with Crippen LogP contribution in [0.1, 0.15) is 39.5 Å². The van der Waals surface area contributed by atoms with Crippen molar-refractivity contribution < 1.29 is 0 Å². The standard InChI is InChI=1S/C11H23NS/c1-3-9(2)8-13-11-6-4-5-10(11)7-12/h9-11H,3-8,12H2,1-2H3. The summed E-state index contributed by atoms with van der Waals surface area (Å²) in [6.45, 7) is 5.53. The molecule has 0 amide bonds.